The molecule has 108 valence electrons. The summed E-state index contributed by atoms with van der Waals surface area (Å²) >= 11 is 0. The summed E-state index contributed by atoms with van der Waals surface area (Å²) in [6.45, 7) is 1.32. The van der Waals surface area contributed by atoms with Crippen LogP contribution in [0.3, 0.4) is 0 Å². The first-order valence-corrected chi connectivity index (χ1v) is 5.97. The second-order valence-corrected chi connectivity index (χ2v) is 4.27. The number of halogens is 3. The Morgan fingerprint density at radius 1 is 1.26 bits per heavy atom. The summed E-state index contributed by atoms with van der Waals surface area (Å²) < 4.78 is 41.8. The Morgan fingerprint density at radius 3 is 2.42 bits per heavy atom. The largest absolute Gasteiger partial charge is 0.416 e. The van der Waals surface area contributed by atoms with E-state index in [-0.39, 0.29) is 6.61 Å². The van der Waals surface area contributed by atoms with Gasteiger partial charge in [0.2, 0.25) is 0 Å². The molecule has 0 bridgehead atoms. The zero-order valence-electron chi connectivity index (χ0n) is 10.7. The zero-order valence-corrected chi connectivity index (χ0v) is 10.7. The predicted molar refractivity (Wildman–Crippen MR) is 65.7 cm³/mol. The van der Waals surface area contributed by atoms with E-state index in [2.05, 4.69) is 5.32 Å². The molecule has 1 unspecified atom stereocenters. The van der Waals surface area contributed by atoms with Crippen molar-refractivity contribution in [2.24, 2.45) is 0 Å². The van der Waals surface area contributed by atoms with Crippen molar-refractivity contribution in [1.82, 2.24) is 5.32 Å². The first-order chi connectivity index (χ1) is 8.93. The molecule has 3 nitrogen and oxygen atoms in total. The Morgan fingerprint density at radius 2 is 1.89 bits per heavy atom. The van der Waals surface area contributed by atoms with Gasteiger partial charge in [0.25, 0.3) is 0 Å². The van der Waals surface area contributed by atoms with Gasteiger partial charge in [-0.2, -0.15) is 13.2 Å². The molecule has 0 fully saturated rings. The van der Waals surface area contributed by atoms with E-state index in [1.54, 1.807) is 0 Å². The molecular formula is C13H18F3NO2. The standard InChI is InChI=1S/C13H18F3NO2/c1-19-9-12(18)6-7-17-8-10-2-4-11(5-3-10)13(14,15)16/h2-5,12,17-18H,6-9H2,1H3. The topological polar surface area (TPSA) is 41.5 Å². The summed E-state index contributed by atoms with van der Waals surface area (Å²) in [5.74, 6) is 0. The normalized spacial score (nSPS) is 13.5. The first kappa shape index (κ1) is 15.9. The molecule has 0 aliphatic heterocycles. The third-order valence-corrected chi connectivity index (χ3v) is 2.62. The Labute approximate surface area is 110 Å². The van der Waals surface area contributed by atoms with Crippen LogP contribution in [0.4, 0.5) is 13.2 Å². The number of ether oxygens (including phenoxy) is 1. The van der Waals surface area contributed by atoms with Crippen LogP contribution in [0.25, 0.3) is 0 Å². The van der Waals surface area contributed by atoms with Crippen molar-refractivity contribution in [2.45, 2.75) is 25.2 Å². The summed E-state index contributed by atoms with van der Waals surface area (Å²) in [5, 5.41) is 12.4. The molecule has 0 radical (unpaired) electrons. The minimum Gasteiger partial charge on any atom is -0.391 e. The van der Waals surface area contributed by atoms with Gasteiger partial charge < -0.3 is 15.2 Å². The van der Waals surface area contributed by atoms with Crippen molar-refractivity contribution in [3.05, 3.63) is 35.4 Å². The van der Waals surface area contributed by atoms with Crippen molar-refractivity contribution in [1.29, 1.82) is 0 Å². The van der Waals surface area contributed by atoms with Crippen LogP contribution in [0.5, 0.6) is 0 Å². The smallest absolute Gasteiger partial charge is 0.391 e. The number of nitrogens with one attached hydrogen (secondary N) is 1. The van der Waals surface area contributed by atoms with Crippen LogP contribution in [-0.4, -0.2) is 31.5 Å². The van der Waals surface area contributed by atoms with Gasteiger partial charge in [0.05, 0.1) is 18.3 Å². The number of hydrogen-bond acceptors (Lipinski definition) is 3. The van der Waals surface area contributed by atoms with Crippen LogP contribution in [0.1, 0.15) is 17.5 Å². The van der Waals surface area contributed by atoms with Crippen LogP contribution in [0.15, 0.2) is 24.3 Å². The Bertz CT molecular complexity index is 365. The number of hydrogen-bond donors (Lipinski definition) is 2. The van der Waals surface area contributed by atoms with Gasteiger partial charge >= 0.3 is 6.18 Å². The van der Waals surface area contributed by atoms with E-state index in [0.717, 1.165) is 17.7 Å². The summed E-state index contributed by atoms with van der Waals surface area (Å²) in [6, 6.07) is 5.02. The van der Waals surface area contributed by atoms with Gasteiger partial charge in [0.1, 0.15) is 0 Å². The monoisotopic (exact) mass is 277 g/mol. The summed E-state index contributed by atoms with van der Waals surface area (Å²) in [6.07, 6.45) is -4.28. The van der Waals surface area contributed by atoms with Gasteiger partial charge in [0, 0.05) is 13.7 Å². The minimum atomic E-state index is -4.30. The maximum absolute atomic E-state index is 12.3. The number of benzene rings is 1. The van der Waals surface area contributed by atoms with Crippen molar-refractivity contribution in [3.63, 3.8) is 0 Å². The molecular weight excluding hydrogens is 259 g/mol. The molecule has 0 saturated heterocycles. The molecule has 0 saturated carbocycles. The Balaban J connectivity index is 2.31. The predicted octanol–water partition coefficient (Wildman–Crippen LogP) is 2.19. The molecule has 1 rings (SSSR count). The highest BCUT2D eigenvalue weighted by Gasteiger charge is 2.29. The van der Waals surface area contributed by atoms with Crippen molar-refractivity contribution >= 4 is 0 Å². The fraction of sp³-hybridized carbons (Fsp3) is 0.538. The number of aliphatic hydroxyl groups is 1. The lowest BCUT2D eigenvalue weighted by Gasteiger charge is -2.11. The van der Waals surface area contributed by atoms with Crippen LogP contribution >= 0.6 is 0 Å². The van der Waals surface area contributed by atoms with Crippen LogP contribution in [-0.2, 0) is 17.5 Å². The van der Waals surface area contributed by atoms with E-state index in [9.17, 15) is 18.3 Å². The number of methoxy groups -OCH3 is 1. The third kappa shape index (κ3) is 6.04. The fourth-order valence-corrected chi connectivity index (χ4v) is 1.59. The summed E-state index contributed by atoms with van der Waals surface area (Å²) in [7, 11) is 1.51. The summed E-state index contributed by atoms with van der Waals surface area (Å²) in [5.41, 5.74) is 0.126. The summed E-state index contributed by atoms with van der Waals surface area (Å²) in [4.78, 5) is 0. The molecule has 0 heterocycles. The van der Waals surface area contributed by atoms with E-state index in [1.165, 1.54) is 19.2 Å². The molecule has 2 N–H and O–H groups in total. The highest BCUT2D eigenvalue weighted by molar-refractivity contribution is 5.24. The fourth-order valence-electron chi connectivity index (χ4n) is 1.59. The average molecular weight is 277 g/mol. The van der Waals surface area contributed by atoms with Crippen molar-refractivity contribution in [3.8, 4) is 0 Å². The molecule has 0 aromatic heterocycles. The van der Waals surface area contributed by atoms with Gasteiger partial charge in [-0.1, -0.05) is 12.1 Å². The van der Waals surface area contributed by atoms with Gasteiger partial charge in [-0.05, 0) is 30.7 Å². The molecule has 0 aliphatic rings. The molecule has 0 amide bonds. The van der Waals surface area contributed by atoms with Crippen molar-refractivity contribution in [2.75, 3.05) is 20.3 Å². The second-order valence-electron chi connectivity index (χ2n) is 4.27. The van der Waals surface area contributed by atoms with Crippen molar-refractivity contribution < 1.29 is 23.0 Å². The maximum Gasteiger partial charge on any atom is 0.416 e. The van der Waals surface area contributed by atoms with Gasteiger partial charge in [-0.3, -0.25) is 0 Å². The van der Waals surface area contributed by atoms with E-state index in [0.29, 0.717) is 19.5 Å². The lowest BCUT2D eigenvalue weighted by atomic mass is 10.1. The first-order valence-electron chi connectivity index (χ1n) is 5.97. The second kappa shape index (κ2) is 7.47. The minimum absolute atomic E-state index is 0.280. The molecule has 1 aromatic carbocycles. The van der Waals surface area contributed by atoms with Crippen LogP contribution < -0.4 is 5.32 Å². The third-order valence-electron chi connectivity index (χ3n) is 2.62. The van der Waals surface area contributed by atoms with E-state index >= 15 is 0 Å². The Kier molecular flexibility index (Phi) is 6.27. The highest BCUT2D eigenvalue weighted by Crippen LogP contribution is 2.28. The number of rotatable bonds is 7. The van der Waals surface area contributed by atoms with E-state index < -0.39 is 17.8 Å². The lowest BCUT2D eigenvalue weighted by molar-refractivity contribution is -0.137. The maximum atomic E-state index is 12.3. The number of aliphatic hydroxyl groups excluding tert-OH is 1. The van der Waals surface area contributed by atoms with Crippen LogP contribution in [0, 0.1) is 0 Å². The molecule has 0 spiro atoms. The number of alkyl halides is 3. The van der Waals surface area contributed by atoms with E-state index in [1.807, 2.05) is 0 Å². The quantitative estimate of drug-likeness (QED) is 0.751. The van der Waals surface area contributed by atoms with E-state index in [4.69, 9.17) is 4.74 Å². The SMILES string of the molecule is COCC(O)CCNCc1ccc(C(F)(F)F)cc1. The molecule has 1 atom stereocenters. The Hall–Kier alpha value is -1.11. The molecule has 1 aromatic rings. The molecule has 6 heteroatoms. The highest BCUT2D eigenvalue weighted by atomic mass is 19.4. The average Bonchev–Trinajstić information content (AvgIpc) is 2.34. The molecule has 19 heavy (non-hydrogen) atoms. The van der Waals surface area contributed by atoms with Gasteiger partial charge in [-0.15, -0.1) is 0 Å². The lowest BCUT2D eigenvalue weighted by Crippen LogP contribution is -2.23. The molecule has 0 aliphatic carbocycles. The van der Waals surface area contributed by atoms with Crippen LogP contribution in [0.2, 0.25) is 0 Å². The zero-order chi connectivity index (χ0) is 14.3. The van der Waals surface area contributed by atoms with Gasteiger partial charge in [-0.25, -0.2) is 0 Å². The van der Waals surface area contributed by atoms with Gasteiger partial charge in [0.15, 0.2) is 0 Å².